The quantitative estimate of drug-likeness (QED) is 0.449. The average Bonchev–Trinajstić information content (AvgIpc) is 2.85. The van der Waals surface area contributed by atoms with Crippen LogP contribution >= 0.6 is 24.0 Å². The van der Waals surface area contributed by atoms with E-state index in [0.29, 0.717) is 0 Å². The molecule has 0 radical (unpaired) electrons. The number of halogens is 1. The summed E-state index contributed by atoms with van der Waals surface area (Å²) in [4.78, 5) is 4.72. The predicted octanol–water partition coefficient (Wildman–Crippen LogP) is 4.46. The third-order valence-electron chi connectivity index (χ3n) is 3.87. The highest BCUT2D eigenvalue weighted by Crippen LogP contribution is 2.34. The molecule has 0 aliphatic carbocycles. The molecule has 3 nitrogen and oxygen atoms in total. The molecule has 2 aromatic rings. The van der Waals surface area contributed by atoms with E-state index in [1.807, 2.05) is 18.2 Å². The fourth-order valence-electron chi connectivity index (χ4n) is 2.89. The van der Waals surface area contributed by atoms with Gasteiger partial charge in [0.2, 0.25) is 0 Å². The first-order chi connectivity index (χ1) is 9.78. The van der Waals surface area contributed by atoms with Gasteiger partial charge in [-0.25, -0.2) is 4.98 Å². The Bertz CT molecular complexity index is 913. The fourth-order valence-corrected chi connectivity index (χ4v) is 2.89. The molecule has 4 rings (SSSR count). The van der Waals surface area contributed by atoms with Crippen molar-refractivity contribution in [3.8, 4) is 17.1 Å². The van der Waals surface area contributed by atoms with E-state index in [9.17, 15) is 0 Å². The molecule has 0 amide bonds. The highest BCUT2D eigenvalue weighted by atomic mass is 127. The summed E-state index contributed by atoms with van der Waals surface area (Å²) in [5.41, 5.74) is 4.42. The molecule has 0 saturated heterocycles. The maximum absolute atomic E-state index is 5.30. The van der Waals surface area contributed by atoms with Crippen molar-refractivity contribution in [2.45, 2.75) is 0 Å². The van der Waals surface area contributed by atoms with Crippen LogP contribution in [-0.2, 0) is 7.05 Å². The fraction of sp³-hybridized carbons (Fsp3) is 0.118. The van der Waals surface area contributed by atoms with E-state index in [4.69, 9.17) is 9.72 Å². The molecule has 2 aliphatic heterocycles. The summed E-state index contributed by atoms with van der Waals surface area (Å²) in [6.45, 7) is 0. The Morgan fingerprint density at radius 2 is 1.86 bits per heavy atom. The summed E-state index contributed by atoms with van der Waals surface area (Å²) in [6.07, 6.45) is 0. The van der Waals surface area contributed by atoms with Gasteiger partial charge in [0, 0.05) is 23.3 Å². The second-order valence-electron chi connectivity index (χ2n) is 4.99. The molecule has 0 atom stereocenters. The van der Waals surface area contributed by atoms with Crippen LogP contribution in [0.5, 0.6) is 5.75 Å². The van der Waals surface area contributed by atoms with Crippen LogP contribution in [0.4, 0.5) is 0 Å². The monoisotopic (exact) mass is 390 g/mol. The minimum absolute atomic E-state index is 0. The molecule has 2 heterocycles. The second kappa shape index (κ2) is 5.18. The molecule has 0 unspecified atom stereocenters. The van der Waals surface area contributed by atoms with E-state index in [1.165, 1.54) is 16.6 Å². The molecule has 0 spiro atoms. The number of nitrogens with zero attached hydrogens (tertiary/aromatic N) is 2. The SMILES string of the molecule is COc1ccc2c(c1)cc1nc3ccccc3c-1n2C.I. The predicted molar refractivity (Wildman–Crippen MR) is 96.8 cm³/mol. The first kappa shape index (κ1) is 14.1. The van der Waals surface area contributed by atoms with Gasteiger partial charge in [-0.2, -0.15) is 0 Å². The Morgan fingerprint density at radius 1 is 1.05 bits per heavy atom. The normalized spacial score (nSPS) is 11.0. The Labute approximate surface area is 139 Å². The third kappa shape index (κ3) is 2.05. The van der Waals surface area contributed by atoms with Gasteiger partial charge in [0.05, 0.1) is 24.0 Å². The van der Waals surface area contributed by atoms with Crippen molar-refractivity contribution in [2.24, 2.45) is 7.05 Å². The van der Waals surface area contributed by atoms with Crippen molar-refractivity contribution in [3.63, 3.8) is 0 Å². The Kier molecular flexibility index (Phi) is 3.49. The first-order valence-electron chi connectivity index (χ1n) is 6.60. The van der Waals surface area contributed by atoms with Gasteiger partial charge in [0.1, 0.15) is 5.75 Å². The number of benzene rings is 2. The molecule has 2 aliphatic rings. The number of hydrogen-bond donors (Lipinski definition) is 0. The molecule has 0 fully saturated rings. The Balaban J connectivity index is 0.00000132. The molecular weight excluding hydrogens is 375 g/mol. The van der Waals surface area contributed by atoms with E-state index in [1.54, 1.807) is 7.11 Å². The average molecular weight is 390 g/mol. The van der Waals surface area contributed by atoms with Crippen LogP contribution in [0.1, 0.15) is 0 Å². The number of hydrogen-bond acceptors (Lipinski definition) is 2. The van der Waals surface area contributed by atoms with Crippen molar-refractivity contribution >= 4 is 45.8 Å². The van der Waals surface area contributed by atoms with E-state index < -0.39 is 0 Å². The number of pyridine rings is 1. The summed E-state index contributed by atoms with van der Waals surface area (Å²) in [6, 6.07) is 16.5. The highest BCUT2D eigenvalue weighted by Gasteiger charge is 2.16. The summed E-state index contributed by atoms with van der Waals surface area (Å²) in [5.74, 6) is 0.868. The molecule has 0 saturated carbocycles. The van der Waals surface area contributed by atoms with Crippen LogP contribution in [0.15, 0.2) is 48.5 Å². The van der Waals surface area contributed by atoms with Crippen molar-refractivity contribution in [1.29, 1.82) is 0 Å². The third-order valence-corrected chi connectivity index (χ3v) is 3.87. The molecule has 21 heavy (non-hydrogen) atoms. The van der Waals surface area contributed by atoms with E-state index in [0.717, 1.165) is 22.3 Å². The van der Waals surface area contributed by atoms with Crippen LogP contribution in [-0.4, -0.2) is 16.7 Å². The summed E-state index contributed by atoms with van der Waals surface area (Å²) >= 11 is 0. The number of fused-ring (bicyclic) bond motifs is 4. The largest absolute Gasteiger partial charge is 0.497 e. The van der Waals surface area contributed by atoms with Crippen molar-refractivity contribution in [1.82, 2.24) is 9.55 Å². The zero-order valence-corrected chi connectivity index (χ0v) is 14.2. The number of rotatable bonds is 1. The number of aryl methyl sites for hydroxylation is 1. The highest BCUT2D eigenvalue weighted by molar-refractivity contribution is 14.0. The van der Waals surface area contributed by atoms with Gasteiger partial charge in [0.15, 0.2) is 0 Å². The van der Waals surface area contributed by atoms with Gasteiger partial charge in [-0.1, -0.05) is 18.2 Å². The van der Waals surface area contributed by atoms with Gasteiger partial charge in [0.25, 0.3) is 0 Å². The van der Waals surface area contributed by atoms with E-state index >= 15 is 0 Å². The van der Waals surface area contributed by atoms with Gasteiger partial charge in [-0.05, 0) is 30.3 Å². The minimum atomic E-state index is 0. The molecule has 0 bridgehead atoms. The van der Waals surface area contributed by atoms with Crippen LogP contribution in [0.2, 0.25) is 0 Å². The smallest absolute Gasteiger partial charge is 0.119 e. The lowest BCUT2D eigenvalue weighted by molar-refractivity contribution is 0.415. The number of para-hydroxylation sites is 1. The maximum Gasteiger partial charge on any atom is 0.119 e. The lowest BCUT2D eigenvalue weighted by Gasteiger charge is -2.13. The molecule has 0 aromatic heterocycles. The molecule has 2 aromatic carbocycles. The van der Waals surface area contributed by atoms with Crippen LogP contribution < -0.4 is 4.74 Å². The van der Waals surface area contributed by atoms with Gasteiger partial charge in [-0.3, -0.25) is 0 Å². The van der Waals surface area contributed by atoms with Crippen LogP contribution in [0.25, 0.3) is 33.2 Å². The standard InChI is InChI=1S/C17H14N2O.HI/c1-19-16-8-7-12(20-2)9-11(16)10-15-17(19)13-5-3-4-6-14(13)18-15;/h3-10H,1-2H3;1H. The van der Waals surface area contributed by atoms with Crippen molar-refractivity contribution in [2.75, 3.05) is 7.11 Å². The second-order valence-corrected chi connectivity index (χ2v) is 4.99. The topological polar surface area (TPSA) is 27.1 Å². The van der Waals surface area contributed by atoms with Crippen LogP contribution in [0.3, 0.4) is 0 Å². The number of methoxy groups -OCH3 is 1. The summed E-state index contributed by atoms with van der Waals surface area (Å²) in [5, 5.41) is 2.34. The van der Waals surface area contributed by atoms with E-state index in [2.05, 4.69) is 41.9 Å². The molecule has 4 heteroatoms. The van der Waals surface area contributed by atoms with Gasteiger partial charge >= 0.3 is 0 Å². The molecule has 0 N–H and O–H groups in total. The Morgan fingerprint density at radius 3 is 2.67 bits per heavy atom. The maximum atomic E-state index is 5.30. The molecule has 106 valence electrons. The van der Waals surface area contributed by atoms with Crippen LogP contribution in [0, 0.1) is 0 Å². The zero-order valence-electron chi connectivity index (χ0n) is 11.8. The van der Waals surface area contributed by atoms with Gasteiger partial charge in [-0.15, -0.1) is 24.0 Å². The number of aromatic nitrogens is 2. The first-order valence-corrected chi connectivity index (χ1v) is 6.60. The Hall–Kier alpha value is -1.82. The minimum Gasteiger partial charge on any atom is -0.497 e. The summed E-state index contributed by atoms with van der Waals surface area (Å²) in [7, 11) is 3.78. The van der Waals surface area contributed by atoms with Crippen molar-refractivity contribution in [3.05, 3.63) is 48.5 Å². The lowest BCUT2D eigenvalue weighted by Crippen LogP contribution is -1.99. The van der Waals surface area contributed by atoms with Crippen molar-refractivity contribution < 1.29 is 4.74 Å². The number of ether oxygens (including phenoxy) is 1. The van der Waals surface area contributed by atoms with E-state index in [-0.39, 0.29) is 24.0 Å². The molecular formula is C17H15IN2O. The zero-order chi connectivity index (χ0) is 13.7. The lowest BCUT2D eigenvalue weighted by atomic mass is 10.1. The van der Waals surface area contributed by atoms with Gasteiger partial charge < -0.3 is 9.30 Å². The summed E-state index contributed by atoms with van der Waals surface area (Å²) < 4.78 is 7.51.